The molecule has 0 radical (unpaired) electrons. The first-order valence-corrected chi connectivity index (χ1v) is 5.04. The highest BCUT2D eigenvalue weighted by Gasteiger charge is 2.27. The molecular weight excluding hydrogens is 225 g/mol. The quantitative estimate of drug-likeness (QED) is 0.604. The Hall–Kier alpha value is -0.580. The van der Waals surface area contributed by atoms with Crippen LogP contribution in [0.4, 0.5) is 5.82 Å². The highest BCUT2D eigenvalue weighted by molar-refractivity contribution is 6.32. The van der Waals surface area contributed by atoms with Crippen molar-refractivity contribution < 1.29 is 5.11 Å². The Kier molecular flexibility index (Phi) is 2.76. The van der Waals surface area contributed by atoms with Crippen LogP contribution in [-0.4, -0.2) is 27.2 Å². The van der Waals surface area contributed by atoms with Crippen LogP contribution in [0.25, 0.3) is 0 Å². The molecule has 14 heavy (non-hydrogen) atoms. The Morgan fingerprint density at radius 3 is 2.64 bits per heavy atom. The third-order valence-electron chi connectivity index (χ3n) is 2.13. The van der Waals surface area contributed by atoms with Gasteiger partial charge in [0.15, 0.2) is 0 Å². The molecule has 76 valence electrons. The first kappa shape index (κ1) is 9.96. The van der Waals surface area contributed by atoms with Gasteiger partial charge in [-0.3, -0.25) is 0 Å². The monoisotopic (exact) mass is 233 g/mol. The molecule has 1 saturated carbocycles. The van der Waals surface area contributed by atoms with E-state index in [4.69, 9.17) is 28.3 Å². The standard InChI is InChI=1S/C8H9Cl2N3O/c9-6-3-7(13-8(10)12-6)11-4-1-5(14)2-4/h3-5,14H,1-2H2,(H,11,12,13). The molecule has 0 atom stereocenters. The van der Waals surface area contributed by atoms with E-state index in [2.05, 4.69) is 15.3 Å². The van der Waals surface area contributed by atoms with Crippen molar-refractivity contribution in [1.29, 1.82) is 0 Å². The molecule has 1 fully saturated rings. The lowest BCUT2D eigenvalue weighted by Gasteiger charge is -2.32. The van der Waals surface area contributed by atoms with E-state index in [0.29, 0.717) is 11.0 Å². The Morgan fingerprint density at radius 1 is 1.36 bits per heavy atom. The highest BCUT2D eigenvalue weighted by atomic mass is 35.5. The number of anilines is 1. The van der Waals surface area contributed by atoms with E-state index in [1.165, 1.54) is 0 Å². The maximum Gasteiger partial charge on any atom is 0.225 e. The summed E-state index contributed by atoms with van der Waals surface area (Å²) in [6.45, 7) is 0. The minimum absolute atomic E-state index is 0.125. The van der Waals surface area contributed by atoms with Gasteiger partial charge in [0.25, 0.3) is 0 Å². The van der Waals surface area contributed by atoms with Gasteiger partial charge in [-0.2, -0.15) is 0 Å². The fourth-order valence-electron chi connectivity index (χ4n) is 1.38. The number of nitrogens with zero attached hydrogens (tertiary/aromatic N) is 2. The fourth-order valence-corrected chi connectivity index (χ4v) is 1.79. The van der Waals surface area contributed by atoms with Crippen molar-refractivity contribution in [1.82, 2.24) is 9.97 Å². The first-order chi connectivity index (χ1) is 6.63. The number of aromatic nitrogens is 2. The lowest BCUT2D eigenvalue weighted by molar-refractivity contribution is 0.0835. The number of hydrogen-bond acceptors (Lipinski definition) is 4. The summed E-state index contributed by atoms with van der Waals surface area (Å²) in [5.41, 5.74) is 0. The van der Waals surface area contributed by atoms with Gasteiger partial charge >= 0.3 is 0 Å². The normalized spacial score (nSPS) is 25.6. The largest absolute Gasteiger partial charge is 0.393 e. The molecule has 2 N–H and O–H groups in total. The molecule has 2 rings (SSSR count). The van der Waals surface area contributed by atoms with Crippen LogP contribution in [0.15, 0.2) is 6.07 Å². The predicted octanol–water partition coefficient (Wildman–Crippen LogP) is 1.72. The Balaban J connectivity index is 2.02. The van der Waals surface area contributed by atoms with Crippen LogP contribution in [0, 0.1) is 0 Å². The van der Waals surface area contributed by atoms with Crippen molar-refractivity contribution in [2.24, 2.45) is 0 Å². The van der Waals surface area contributed by atoms with E-state index in [0.717, 1.165) is 12.8 Å². The van der Waals surface area contributed by atoms with Crippen LogP contribution in [0.5, 0.6) is 0 Å². The summed E-state index contributed by atoms with van der Waals surface area (Å²) in [7, 11) is 0. The van der Waals surface area contributed by atoms with Crippen LogP contribution in [0.1, 0.15) is 12.8 Å². The summed E-state index contributed by atoms with van der Waals surface area (Å²) in [6, 6.07) is 1.87. The number of halogens is 2. The molecule has 6 heteroatoms. The van der Waals surface area contributed by atoms with E-state index in [1.807, 2.05) is 0 Å². The molecule has 1 aromatic heterocycles. The van der Waals surface area contributed by atoms with Gasteiger partial charge < -0.3 is 10.4 Å². The molecule has 1 aromatic rings. The lowest BCUT2D eigenvalue weighted by Crippen LogP contribution is -2.39. The van der Waals surface area contributed by atoms with Gasteiger partial charge in [0.05, 0.1) is 6.10 Å². The van der Waals surface area contributed by atoms with Crippen LogP contribution in [0.3, 0.4) is 0 Å². The topological polar surface area (TPSA) is 58.0 Å². The maximum absolute atomic E-state index is 9.08. The van der Waals surface area contributed by atoms with Crippen LogP contribution >= 0.6 is 23.2 Å². The first-order valence-electron chi connectivity index (χ1n) is 4.28. The van der Waals surface area contributed by atoms with Crippen molar-refractivity contribution in [3.8, 4) is 0 Å². The van der Waals surface area contributed by atoms with Crippen LogP contribution < -0.4 is 5.32 Å². The summed E-state index contributed by atoms with van der Waals surface area (Å²) >= 11 is 11.3. The minimum atomic E-state index is -0.194. The molecule has 0 amide bonds. The molecule has 1 aliphatic carbocycles. The second-order valence-electron chi connectivity index (χ2n) is 3.31. The van der Waals surface area contributed by atoms with Gasteiger partial charge in [-0.1, -0.05) is 11.6 Å². The van der Waals surface area contributed by atoms with Crippen molar-refractivity contribution in [3.05, 3.63) is 16.5 Å². The summed E-state index contributed by atoms with van der Waals surface area (Å²) in [6.07, 6.45) is 1.28. The summed E-state index contributed by atoms with van der Waals surface area (Å²) in [5.74, 6) is 0.604. The lowest BCUT2D eigenvalue weighted by atomic mass is 9.89. The van der Waals surface area contributed by atoms with E-state index >= 15 is 0 Å². The molecular formula is C8H9Cl2N3O. The summed E-state index contributed by atoms with van der Waals surface area (Å²) in [5, 5.41) is 12.6. The van der Waals surface area contributed by atoms with E-state index in [-0.39, 0.29) is 17.4 Å². The zero-order valence-corrected chi connectivity index (χ0v) is 8.76. The maximum atomic E-state index is 9.08. The summed E-state index contributed by atoms with van der Waals surface area (Å²) in [4.78, 5) is 7.69. The van der Waals surface area contributed by atoms with Gasteiger partial charge in [-0.15, -0.1) is 0 Å². The minimum Gasteiger partial charge on any atom is -0.393 e. The second kappa shape index (κ2) is 3.88. The zero-order valence-electron chi connectivity index (χ0n) is 7.24. The van der Waals surface area contributed by atoms with Gasteiger partial charge in [0.1, 0.15) is 11.0 Å². The van der Waals surface area contributed by atoms with Crippen LogP contribution in [0.2, 0.25) is 10.4 Å². The number of aliphatic hydroxyl groups is 1. The van der Waals surface area contributed by atoms with Gasteiger partial charge in [-0.25, -0.2) is 9.97 Å². The van der Waals surface area contributed by atoms with Crippen molar-refractivity contribution in [2.45, 2.75) is 25.0 Å². The van der Waals surface area contributed by atoms with Crippen LogP contribution in [-0.2, 0) is 0 Å². The van der Waals surface area contributed by atoms with E-state index < -0.39 is 0 Å². The van der Waals surface area contributed by atoms with Crippen molar-refractivity contribution >= 4 is 29.0 Å². The van der Waals surface area contributed by atoms with E-state index in [1.54, 1.807) is 6.07 Å². The highest BCUT2D eigenvalue weighted by Crippen LogP contribution is 2.24. The third-order valence-corrected chi connectivity index (χ3v) is 2.50. The Bertz CT molecular complexity index is 321. The molecule has 1 aliphatic rings. The smallest absolute Gasteiger partial charge is 0.225 e. The zero-order chi connectivity index (χ0) is 10.1. The van der Waals surface area contributed by atoms with Crippen molar-refractivity contribution in [2.75, 3.05) is 5.32 Å². The molecule has 0 unspecified atom stereocenters. The average molecular weight is 234 g/mol. The second-order valence-corrected chi connectivity index (χ2v) is 4.04. The van der Waals surface area contributed by atoms with Gasteiger partial charge in [0.2, 0.25) is 5.28 Å². The van der Waals surface area contributed by atoms with Crippen molar-refractivity contribution in [3.63, 3.8) is 0 Å². The molecule has 1 heterocycles. The molecule has 4 nitrogen and oxygen atoms in total. The number of hydrogen-bond donors (Lipinski definition) is 2. The Labute approximate surface area is 91.3 Å². The molecule has 0 spiro atoms. The molecule has 0 aromatic carbocycles. The fraction of sp³-hybridized carbons (Fsp3) is 0.500. The predicted molar refractivity (Wildman–Crippen MR) is 54.7 cm³/mol. The van der Waals surface area contributed by atoms with Gasteiger partial charge in [0, 0.05) is 12.1 Å². The average Bonchev–Trinajstić information content (AvgIpc) is 1.99. The van der Waals surface area contributed by atoms with Gasteiger partial charge in [-0.05, 0) is 24.4 Å². The Morgan fingerprint density at radius 2 is 2.07 bits per heavy atom. The number of nitrogens with one attached hydrogen (secondary N) is 1. The molecule has 0 bridgehead atoms. The molecule has 0 saturated heterocycles. The third kappa shape index (κ3) is 2.26. The number of aliphatic hydroxyl groups excluding tert-OH is 1. The van der Waals surface area contributed by atoms with E-state index in [9.17, 15) is 0 Å². The SMILES string of the molecule is OC1CC(Nc2cc(Cl)nc(Cl)n2)C1. The summed E-state index contributed by atoms with van der Waals surface area (Å²) < 4.78 is 0. The number of rotatable bonds is 2. The molecule has 0 aliphatic heterocycles.